The number of carbonyl (C=O) groups excluding carboxylic acids is 1. The van der Waals surface area contributed by atoms with E-state index in [0.717, 1.165) is 41.0 Å². The Labute approximate surface area is 255 Å². The maximum absolute atomic E-state index is 13.4. The molecule has 1 aromatic heterocycles. The first-order valence-electron chi connectivity index (χ1n) is 15.5. The maximum atomic E-state index is 13.4. The lowest BCUT2D eigenvalue weighted by molar-refractivity contribution is -0.149. The number of nitrogens with zero attached hydrogens (tertiary/aromatic N) is 3. The molecule has 2 heterocycles. The van der Waals surface area contributed by atoms with Crippen LogP contribution in [0.4, 0.5) is 0 Å². The molecular weight excluding hydrogens is 540 g/mol. The fraction of sp³-hybridized carbons (Fsp3) is 0.486. The van der Waals surface area contributed by atoms with Gasteiger partial charge in [0, 0.05) is 36.0 Å². The lowest BCUT2D eigenvalue weighted by Crippen LogP contribution is -2.52. The maximum Gasteiger partial charge on any atom is 0.326 e. The van der Waals surface area contributed by atoms with Crippen LogP contribution in [0.1, 0.15) is 84.1 Å². The van der Waals surface area contributed by atoms with Crippen LogP contribution in [-0.2, 0) is 9.59 Å². The fourth-order valence-electron chi connectivity index (χ4n) is 5.97. The molecule has 4 rings (SSSR count). The highest BCUT2D eigenvalue weighted by atomic mass is 16.5. The summed E-state index contributed by atoms with van der Waals surface area (Å²) in [5, 5.41) is 9.57. The Kier molecular flexibility index (Phi) is 10.9. The average molecular weight is 587 g/mol. The summed E-state index contributed by atoms with van der Waals surface area (Å²) in [5.74, 6) is -0.119. The van der Waals surface area contributed by atoms with Crippen LogP contribution < -0.4 is 10.5 Å². The molecule has 3 atom stereocenters. The molecule has 2 aromatic carbocycles. The molecule has 1 amide bonds. The molecule has 0 radical (unpaired) electrons. The van der Waals surface area contributed by atoms with Crippen LogP contribution in [0.3, 0.4) is 0 Å². The van der Waals surface area contributed by atoms with Gasteiger partial charge in [-0.25, -0.2) is 14.8 Å². The van der Waals surface area contributed by atoms with Gasteiger partial charge in [0.1, 0.15) is 11.8 Å². The Balaban J connectivity index is 1.41. The highest BCUT2D eigenvalue weighted by Crippen LogP contribution is 2.39. The van der Waals surface area contributed by atoms with Crippen LogP contribution in [0, 0.1) is 5.41 Å². The number of nitrogens with two attached hydrogens (primary N) is 1. The van der Waals surface area contributed by atoms with Crippen molar-refractivity contribution in [2.45, 2.75) is 90.6 Å². The number of hydrogen-bond acceptors (Lipinski definition) is 6. The van der Waals surface area contributed by atoms with E-state index < -0.39 is 18.1 Å². The fourth-order valence-corrected chi connectivity index (χ4v) is 5.97. The molecule has 230 valence electrons. The minimum Gasteiger partial charge on any atom is -0.494 e. The van der Waals surface area contributed by atoms with Crippen LogP contribution >= 0.6 is 0 Å². The number of carbonyl (C=O) groups is 2. The zero-order valence-electron chi connectivity index (χ0n) is 26.0. The van der Waals surface area contributed by atoms with Gasteiger partial charge in [0.05, 0.1) is 12.6 Å². The van der Waals surface area contributed by atoms with E-state index in [-0.39, 0.29) is 17.2 Å². The predicted molar refractivity (Wildman–Crippen MR) is 170 cm³/mol. The van der Waals surface area contributed by atoms with Gasteiger partial charge in [-0.15, -0.1) is 0 Å². The summed E-state index contributed by atoms with van der Waals surface area (Å²) in [6, 6.07) is 14.2. The van der Waals surface area contributed by atoms with Crippen molar-refractivity contribution in [1.29, 1.82) is 0 Å². The number of ether oxygens (including phenoxy) is 1. The molecule has 3 aromatic rings. The molecule has 1 aliphatic rings. The molecule has 8 nitrogen and oxygen atoms in total. The Morgan fingerprint density at radius 3 is 2.19 bits per heavy atom. The van der Waals surface area contributed by atoms with E-state index in [1.54, 1.807) is 0 Å². The second-order valence-corrected chi connectivity index (χ2v) is 12.6. The van der Waals surface area contributed by atoms with Crippen molar-refractivity contribution in [3.05, 3.63) is 66.5 Å². The van der Waals surface area contributed by atoms with Gasteiger partial charge in [-0.2, -0.15) is 0 Å². The number of aliphatic carboxylic acids is 1. The molecule has 0 aliphatic carbocycles. The summed E-state index contributed by atoms with van der Waals surface area (Å²) in [6.07, 6.45) is 10.8. The zero-order valence-corrected chi connectivity index (χ0v) is 26.0. The Morgan fingerprint density at radius 2 is 1.58 bits per heavy atom. The van der Waals surface area contributed by atoms with Crippen molar-refractivity contribution < 1.29 is 19.4 Å². The van der Waals surface area contributed by atoms with Gasteiger partial charge in [-0.1, -0.05) is 89.8 Å². The highest BCUT2D eigenvalue weighted by molar-refractivity contribution is 5.88. The van der Waals surface area contributed by atoms with Gasteiger partial charge >= 0.3 is 5.97 Å². The van der Waals surface area contributed by atoms with Gasteiger partial charge in [0.2, 0.25) is 5.91 Å². The first-order chi connectivity index (χ1) is 20.6. The summed E-state index contributed by atoms with van der Waals surface area (Å²) < 4.78 is 5.89. The van der Waals surface area contributed by atoms with E-state index in [1.807, 2.05) is 81.7 Å². The van der Waals surface area contributed by atoms with E-state index >= 15 is 0 Å². The van der Waals surface area contributed by atoms with Crippen LogP contribution in [0.15, 0.2) is 60.9 Å². The number of carboxylic acids is 1. The molecular formula is C35H46N4O4. The van der Waals surface area contributed by atoms with Gasteiger partial charge in [0.15, 0.2) is 5.82 Å². The number of benzene rings is 2. The topological polar surface area (TPSA) is 119 Å². The van der Waals surface area contributed by atoms with E-state index in [4.69, 9.17) is 10.5 Å². The van der Waals surface area contributed by atoms with E-state index in [0.29, 0.717) is 25.2 Å². The van der Waals surface area contributed by atoms with Crippen LogP contribution in [0.25, 0.3) is 22.5 Å². The number of rotatable bonds is 13. The monoisotopic (exact) mass is 586 g/mol. The minimum absolute atomic E-state index is 0.305. The molecule has 1 fully saturated rings. The predicted octanol–water partition coefficient (Wildman–Crippen LogP) is 6.69. The van der Waals surface area contributed by atoms with Crippen molar-refractivity contribution in [2.24, 2.45) is 11.1 Å². The molecule has 1 aliphatic heterocycles. The normalized spacial score (nSPS) is 16.6. The summed E-state index contributed by atoms with van der Waals surface area (Å²) in [6.45, 7) is 9.52. The molecule has 0 bridgehead atoms. The molecule has 0 saturated carbocycles. The Hall–Kier alpha value is -3.78. The number of likely N-dealkylation sites (tertiary alicyclic amines) is 1. The lowest BCUT2D eigenvalue weighted by Gasteiger charge is -2.37. The largest absolute Gasteiger partial charge is 0.494 e. The number of aromatic nitrogens is 2. The number of carboxylic acid groups (broad SMARTS) is 1. The summed E-state index contributed by atoms with van der Waals surface area (Å²) in [5.41, 5.74) is 9.97. The van der Waals surface area contributed by atoms with Gasteiger partial charge < -0.3 is 20.5 Å². The van der Waals surface area contributed by atoms with Crippen LogP contribution in [0.2, 0.25) is 0 Å². The third-order valence-corrected chi connectivity index (χ3v) is 8.28. The summed E-state index contributed by atoms with van der Waals surface area (Å²) in [7, 11) is 0. The Morgan fingerprint density at radius 1 is 0.953 bits per heavy atom. The van der Waals surface area contributed by atoms with Crippen molar-refractivity contribution in [2.75, 3.05) is 13.2 Å². The second kappa shape index (κ2) is 14.6. The van der Waals surface area contributed by atoms with Crippen molar-refractivity contribution in [1.82, 2.24) is 14.9 Å². The second-order valence-electron chi connectivity index (χ2n) is 12.6. The molecule has 8 heteroatoms. The van der Waals surface area contributed by atoms with Gasteiger partial charge in [0.25, 0.3) is 0 Å². The Bertz CT molecular complexity index is 1330. The van der Waals surface area contributed by atoms with Gasteiger partial charge in [-0.3, -0.25) is 4.79 Å². The standard InChI is InChI=1S/C35H46N4O4/c1-5-6-7-8-9-21-43-28-18-16-24(17-19-28)27-22-37-32(38-23-27)26-14-12-25(13-15-26)30(35(2,3)4)31(36)33(40)39-20-10-11-29(39)34(41)42/h12-19,22-23,29-31H,5-11,20-21,36H2,1-4H3,(H,41,42). The lowest BCUT2D eigenvalue weighted by atomic mass is 9.72. The van der Waals surface area contributed by atoms with Crippen molar-refractivity contribution in [3.63, 3.8) is 0 Å². The zero-order chi connectivity index (χ0) is 31.0. The summed E-state index contributed by atoms with van der Waals surface area (Å²) >= 11 is 0. The molecule has 1 saturated heterocycles. The molecule has 43 heavy (non-hydrogen) atoms. The first kappa shape index (κ1) is 32.1. The molecule has 3 N–H and O–H groups in total. The van der Waals surface area contributed by atoms with Gasteiger partial charge in [-0.05, 0) is 47.9 Å². The van der Waals surface area contributed by atoms with E-state index in [9.17, 15) is 14.7 Å². The van der Waals surface area contributed by atoms with Crippen molar-refractivity contribution in [3.8, 4) is 28.3 Å². The first-order valence-corrected chi connectivity index (χ1v) is 15.5. The number of unbranched alkanes of at least 4 members (excludes halogenated alkanes) is 4. The van der Waals surface area contributed by atoms with Crippen LogP contribution in [0.5, 0.6) is 5.75 Å². The molecule has 3 unspecified atom stereocenters. The SMILES string of the molecule is CCCCCCCOc1ccc(-c2cnc(-c3ccc(C(C(N)C(=O)N4CCCC4C(=O)O)C(C)(C)C)cc3)nc2)cc1. The summed E-state index contributed by atoms with van der Waals surface area (Å²) in [4.78, 5) is 35.7. The van der Waals surface area contributed by atoms with E-state index in [2.05, 4.69) is 16.9 Å². The van der Waals surface area contributed by atoms with Crippen molar-refractivity contribution >= 4 is 11.9 Å². The minimum atomic E-state index is -0.977. The van der Waals surface area contributed by atoms with Crippen LogP contribution in [-0.4, -0.2) is 57.1 Å². The smallest absolute Gasteiger partial charge is 0.326 e. The third kappa shape index (κ3) is 8.20. The number of hydrogen-bond donors (Lipinski definition) is 2. The quantitative estimate of drug-likeness (QED) is 0.214. The number of amides is 1. The average Bonchev–Trinajstić information content (AvgIpc) is 3.49. The molecule has 0 spiro atoms. The highest BCUT2D eigenvalue weighted by Gasteiger charge is 2.42. The third-order valence-electron chi connectivity index (χ3n) is 8.28. The van der Waals surface area contributed by atoms with E-state index in [1.165, 1.54) is 30.6 Å².